The maximum absolute atomic E-state index is 13.1. The Bertz CT molecular complexity index is 795. The lowest BCUT2D eigenvalue weighted by Gasteiger charge is -2.30. The zero-order valence-corrected chi connectivity index (χ0v) is 22.0. The topological polar surface area (TPSA) is 97.0 Å². The van der Waals surface area contributed by atoms with Crippen molar-refractivity contribution in [3.8, 4) is 0 Å². The summed E-state index contributed by atoms with van der Waals surface area (Å²) in [7, 11) is 1.52. The van der Waals surface area contributed by atoms with Crippen LogP contribution < -0.4 is 10.6 Å². The summed E-state index contributed by atoms with van der Waals surface area (Å²) in [5.41, 5.74) is 0.308. The van der Waals surface area contributed by atoms with E-state index < -0.39 is 6.04 Å². The Hall–Kier alpha value is -2.87. The normalized spacial score (nSPS) is 17.6. The molecule has 0 bridgehead atoms. The van der Waals surface area contributed by atoms with Gasteiger partial charge in [0, 0.05) is 38.7 Å². The maximum Gasteiger partial charge on any atom is 0.250 e. The van der Waals surface area contributed by atoms with Crippen molar-refractivity contribution < 1.29 is 23.9 Å². The second kappa shape index (κ2) is 15.9. The number of allylic oxidation sites excluding steroid dienone is 3. The number of hydrogen-bond donors (Lipinski definition) is 2. The summed E-state index contributed by atoms with van der Waals surface area (Å²) in [4.78, 5) is 38.0. The number of amides is 2. The van der Waals surface area contributed by atoms with Gasteiger partial charge in [0.15, 0.2) is 0 Å². The molecular weight excluding hydrogens is 446 g/mol. The Labute approximate surface area is 210 Å². The monoisotopic (exact) mass is 489 g/mol. The van der Waals surface area contributed by atoms with Crippen LogP contribution in [0.1, 0.15) is 53.4 Å². The summed E-state index contributed by atoms with van der Waals surface area (Å²) in [6, 6.07) is -0.746. The number of ether oxygens (including phenoxy) is 2. The van der Waals surface area contributed by atoms with Crippen LogP contribution in [0.3, 0.4) is 0 Å². The number of carbonyl (C=O) groups is 3. The molecule has 2 amide bonds. The van der Waals surface area contributed by atoms with E-state index in [2.05, 4.69) is 17.2 Å². The van der Waals surface area contributed by atoms with E-state index in [9.17, 15) is 14.4 Å². The highest BCUT2D eigenvalue weighted by atomic mass is 16.5. The molecule has 0 saturated carbocycles. The predicted molar refractivity (Wildman–Crippen MR) is 138 cm³/mol. The van der Waals surface area contributed by atoms with Crippen molar-refractivity contribution in [1.82, 2.24) is 15.5 Å². The van der Waals surface area contributed by atoms with Crippen LogP contribution in [-0.4, -0.2) is 68.0 Å². The van der Waals surface area contributed by atoms with Gasteiger partial charge in [-0.3, -0.25) is 9.59 Å². The van der Waals surface area contributed by atoms with Gasteiger partial charge in [-0.25, -0.2) is 0 Å². The van der Waals surface area contributed by atoms with Crippen LogP contribution in [0.5, 0.6) is 0 Å². The Morgan fingerprint density at radius 3 is 2.66 bits per heavy atom. The molecule has 0 spiro atoms. The lowest BCUT2D eigenvalue weighted by atomic mass is 10.0. The highest BCUT2D eigenvalue weighted by Crippen LogP contribution is 2.18. The second-order valence-electron chi connectivity index (χ2n) is 9.52. The second-order valence-corrected chi connectivity index (χ2v) is 9.52. The molecule has 0 aromatic heterocycles. The molecule has 1 rings (SSSR count). The number of nitrogens with zero attached hydrogens (tertiary/aromatic N) is 1. The average Bonchev–Trinajstić information content (AvgIpc) is 2.87. The first-order chi connectivity index (χ1) is 16.6. The van der Waals surface area contributed by atoms with Crippen molar-refractivity contribution in [2.75, 3.05) is 33.4 Å². The van der Waals surface area contributed by atoms with Crippen molar-refractivity contribution in [3.63, 3.8) is 0 Å². The number of carbonyl (C=O) groups excluding carboxylic acids is 3. The van der Waals surface area contributed by atoms with Gasteiger partial charge < -0.3 is 29.8 Å². The van der Waals surface area contributed by atoms with Crippen LogP contribution in [0.25, 0.3) is 0 Å². The van der Waals surface area contributed by atoms with Crippen molar-refractivity contribution in [1.29, 1.82) is 0 Å². The third kappa shape index (κ3) is 11.9. The molecule has 2 atom stereocenters. The number of rotatable bonds is 15. The number of nitrogens with one attached hydrogen (secondary N) is 2. The molecule has 0 aromatic carbocycles. The molecule has 0 saturated heterocycles. The SMILES string of the molecule is C=CNCCC(CCOC(C)(C)C)COC1=CCN(C(CCC=O)C(=O)NC)C(=O)/C(C)=C/C=C1. The minimum Gasteiger partial charge on any atom is -0.494 e. The van der Waals surface area contributed by atoms with Crippen molar-refractivity contribution >= 4 is 18.1 Å². The van der Waals surface area contributed by atoms with E-state index in [-0.39, 0.29) is 42.7 Å². The Morgan fingerprint density at radius 1 is 1.29 bits per heavy atom. The van der Waals surface area contributed by atoms with E-state index in [1.54, 1.807) is 25.3 Å². The fraction of sp³-hybridized carbons (Fsp3) is 0.593. The quantitative estimate of drug-likeness (QED) is 0.271. The molecule has 1 aliphatic heterocycles. The third-order valence-corrected chi connectivity index (χ3v) is 5.57. The van der Waals surface area contributed by atoms with Gasteiger partial charge in [-0.2, -0.15) is 0 Å². The average molecular weight is 490 g/mol. The highest BCUT2D eigenvalue weighted by Gasteiger charge is 2.29. The minimum absolute atomic E-state index is 0.188. The maximum atomic E-state index is 13.1. The van der Waals surface area contributed by atoms with E-state index >= 15 is 0 Å². The van der Waals surface area contributed by atoms with Gasteiger partial charge in [-0.15, -0.1) is 0 Å². The first-order valence-corrected chi connectivity index (χ1v) is 12.2. The van der Waals surface area contributed by atoms with Crippen molar-refractivity contribution in [2.45, 2.75) is 65.0 Å². The molecule has 2 unspecified atom stereocenters. The van der Waals surface area contributed by atoms with Gasteiger partial charge in [-0.1, -0.05) is 18.7 Å². The number of aldehydes is 1. The smallest absolute Gasteiger partial charge is 0.250 e. The molecule has 0 aromatic rings. The van der Waals surface area contributed by atoms with Crippen LogP contribution in [0, 0.1) is 5.92 Å². The van der Waals surface area contributed by atoms with Crippen LogP contribution >= 0.6 is 0 Å². The van der Waals surface area contributed by atoms with Gasteiger partial charge in [0.1, 0.15) is 18.1 Å². The van der Waals surface area contributed by atoms with Gasteiger partial charge in [0.05, 0.1) is 12.2 Å². The summed E-state index contributed by atoms with van der Waals surface area (Å²) in [5.74, 6) is 0.329. The van der Waals surface area contributed by atoms with Crippen LogP contribution in [0.2, 0.25) is 0 Å². The van der Waals surface area contributed by atoms with Gasteiger partial charge in [0.25, 0.3) is 0 Å². The van der Waals surface area contributed by atoms with E-state index in [1.807, 2.05) is 32.9 Å². The fourth-order valence-electron chi connectivity index (χ4n) is 3.57. The number of hydrogen-bond acceptors (Lipinski definition) is 6. The predicted octanol–water partition coefficient (Wildman–Crippen LogP) is 3.27. The molecule has 1 aliphatic rings. The molecule has 0 fully saturated rings. The first kappa shape index (κ1) is 30.2. The molecule has 2 N–H and O–H groups in total. The Morgan fingerprint density at radius 2 is 2.03 bits per heavy atom. The summed E-state index contributed by atoms with van der Waals surface area (Å²) in [6.45, 7) is 13.6. The highest BCUT2D eigenvalue weighted by molar-refractivity contribution is 5.97. The van der Waals surface area contributed by atoms with Gasteiger partial charge >= 0.3 is 0 Å². The summed E-state index contributed by atoms with van der Waals surface area (Å²) in [5, 5.41) is 5.74. The van der Waals surface area contributed by atoms with Gasteiger partial charge in [-0.05, 0) is 71.2 Å². The molecule has 0 aliphatic carbocycles. The van der Waals surface area contributed by atoms with E-state index in [1.165, 1.54) is 11.9 Å². The molecule has 1 heterocycles. The van der Waals surface area contributed by atoms with Crippen LogP contribution in [0.15, 0.2) is 48.4 Å². The fourth-order valence-corrected chi connectivity index (χ4v) is 3.57. The summed E-state index contributed by atoms with van der Waals surface area (Å²) >= 11 is 0. The lowest BCUT2D eigenvalue weighted by Crippen LogP contribution is -2.49. The summed E-state index contributed by atoms with van der Waals surface area (Å²) in [6.07, 6.45) is 11.7. The molecule has 8 heteroatoms. The summed E-state index contributed by atoms with van der Waals surface area (Å²) < 4.78 is 12.1. The standard InChI is InChI=1S/C27H43N3O5/c1-7-29-16-13-22(15-19-35-27(3,4)5)20-34-23-11-8-10-21(2)26(33)30(17-14-23)24(12-9-18-31)25(32)28-6/h7-8,10-11,14,18,22,24,29H,1,9,12-13,15-17,19-20H2,2-6H3,(H,28,32)/b11-8?,21-10+,23-14?. The molecule has 196 valence electrons. The molecular formula is C27H43N3O5. The van der Waals surface area contributed by atoms with E-state index in [4.69, 9.17) is 9.47 Å². The van der Waals surface area contributed by atoms with E-state index in [0.717, 1.165) is 25.7 Å². The zero-order valence-electron chi connectivity index (χ0n) is 22.0. The van der Waals surface area contributed by atoms with Crippen molar-refractivity contribution in [2.24, 2.45) is 5.92 Å². The van der Waals surface area contributed by atoms with Crippen molar-refractivity contribution in [3.05, 3.63) is 48.4 Å². The van der Waals surface area contributed by atoms with Crippen LogP contribution in [0.4, 0.5) is 0 Å². The first-order valence-electron chi connectivity index (χ1n) is 12.2. The van der Waals surface area contributed by atoms with Crippen LogP contribution in [-0.2, 0) is 23.9 Å². The minimum atomic E-state index is -0.746. The van der Waals surface area contributed by atoms with E-state index in [0.29, 0.717) is 24.5 Å². The number of likely N-dealkylation sites (N-methyl/N-ethyl adjacent to an activating group) is 1. The Kier molecular flexibility index (Phi) is 13.7. The Balaban J connectivity index is 2.99. The molecule has 8 nitrogen and oxygen atoms in total. The lowest BCUT2D eigenvalue weighted by molar-refractivity contribution is -0.137. The third-order valence-electron chi connectivity index (χ3n) is 5.57. The largest absolute Gasteiger partial charge is 0.494 e. The molecule has 35 heavy (non-hydrogen) atoms. The van der Waals surface area contributed by atoms with Gasteiger partial charge in [0.2, 0.25) is 11.8 Å². The molecule has 0 radical (unpaired) electrons. The zero-order chi connectivity index (χ0) is 26.3.